The summed E-state index contributed by atoms with van der Waals surface area (Å²) in [5, 5.41) is 0. The maximum absolute atomic E-state index is 11.3. The van der Waals surface area contributed by atoms with Crippen molar-refractivity contribution in [2.45, 2.75) is 6.92 Å². The number of carbonyl (C=O) groups is 1. The van der Waals surface area contributed by atoms with Crippen LogP contribution in [0.1, 0.15) is 6.92 Å². The van der Waals surface area contributed by atoms with Crippen molar-refractivity contribution in [2.75, 3.05) is 7.11 Å². The van der Waals surface area contributed by atoms with E-state index >= 15 is 0 Å². The second kappa shape index (κ2) is 3.65. The van der Waals surface area contributed by atoms with E-state index in [1.165, 1.54) is 7.11 Å². The second-order valence-corrected chi connectivity index (χ2v) is 3.03. The molecule has 4 heteroatoms. The number of ether oxygens (including phenoxy) is 3. The molecule has 1 aliphatic heterocycles. The SMILES string of the molecule is COC(=O)C1=C(C)Oc2ccccc2O1. The van der Waals surface area contributed by atoms with Crippen LogP contribution in [-0.4, -0.2) is 13.1 Å². The zero-order chi connectivity index (χ0) is 10.8. The smallest absolute Gasteiger partial charge is 0.377 e. The molecule has 0 spiro atoms. The van der Waals surface area contributed by atoms with Gasteiger partial charge in [-0.1, -0.05) is 12.1 Å². The number of hydrogen-bond acceptors (Lipinski definition) is 4. The van der Waals surface area contributed by atoms with E-state index in [9.17, 15) is 4.79 Å². The minimum Gasteiger partial charge on any atom is -0.463 e. The standard InChI is InChI=1S/C11H10O4/c1-7-10(11(12)13-2)15-9-6-4-3-5-8(9)14-7/h3-6H,1-2H3. The minimum absolute atomic E-state index is 0.0937. The fourth-order valence-electron chi connectivity index (χ4n) is 1.29. The molecule has 78 valence electrons. The van der Waals surface area contributed by atoms with Gasteiger partial charge in [0, 0.05) is 0 Å². The average Bonchev–Trinajstić information content (AvgIpc) is 2.27. The van der Waals surface area contributed by atoms with E-state index in [-0.39, 0.29) is 5.76 Å². The van der Waals surface area contributed by atoms with Crippen LogP contribution in [0.2, 0.25) is 0 Å². The van der Waals surface area contributed by atoms with E-state index in [0.717, 1.165) is 0 Å². The molecule has 0 fully saturated rings. The number of carbonyl (C=O) groups excluding carboxylic acids is 1. The lowest BCUT2D eigenvalue weighted by Gasteiger charge is -2.19. The molecule has 1 heterocycles. The van der Waals surface area contributed by atoms with Gasteiger partial charge in [-0.3, -0.25) is 0 Å². The summed E-state index contributed by atoms with van der Waals surface area (Å²) < 4.78 is 15.4. The van der Waals surface area contributed by atoms with Crippen molar-refractivity contribution in [3.8, 4) is 11.5 Å². The largest absolute Gasteiger partial charge is 0.463 e. The van der Waals surface area contributed by atoms with Crippen LogP contribution in [0.3, 0.4) is 0 Å². The van der Waals surface area contributed by atoms with Gasteiger partial charge in [0.05, 0.1) is 7.11 Å². The van der Waals surface area contributed by atoms with Crippen molar-refractivity contribution >= 4 is 5.97 Å². The molecule has 0 bridgehead atoms. The lowest BCUT2D eigenvalue weighted by atomic mass is 10.3. The molecule has 15 heavy (non-hydrogen) atoms. The lowest BCUT2D eigenvalue weighted by molar-refractivity contribution is -0.139. The second-order valence-electron chi connectivity index (χ2n) is 3.03. The van der Waals surface area contributed by atoms with Crippen LogP contribution in [-0.2, 0) is 9.53 Å². The van der Waals surface area contributed by atoms with E-state index in [1.807, 2.05) is 6.07 Å². The first-order valence-electron chi connectivity index (χ1n) is 4.46. The molecule has 0 N–H and O–H groups in total. The fourth-order valence-corrected chi connectivity index (χ4v) is 1.29. The summed E-state index contributed by atoms with van der Waals surface area (Å²) in [6.07, 6.45) is 0. The zero-order valence-corrected chi connectivity index (χ0v) is 8.44. The van der Waals surface area contributed by atoms with Gasteiger partial charge in [-0.25, -0.2) is 4.79 Å². The molecule has 0 saturated heterocycles. The molecule has 2 rings (SSSR count). The Morgan fingerprint density at radius 3 is 2.40 bits per heavy atom. The van der Waals surface area contributed by atoms with E-state index in [2.05, 4.69) is 4.74 Å². The fraction of sp³-hybridized carbons (Fsp3) is 0.182. The van der Waals surface area contributed by atoms with Gasteiger partial charge in [-0.15, -0.1) is 0 Å². The molecule has 1 aromatic carbocycles. The van der Waals surface area contributed by atoms with Crippen LogP contribution in [0.4, 0.5) is 0 Å². The molecule has 0 aliphatic carbocycles. The molecule has 0 atom stereocenters. The van der Waals surface area contributed by atoms with Crippen LogP contribution in [0.25, 0.3) is 0 Å². The molecule has 0 radical (unpaired) electrons. The maximum atomic E-state index is 11.3. The summed E-state index contributed by atoms with van der Waals surface area (Å²) in [4.78, 5) is 11.3. The summed E-state index contributed by atoms with van der Waals surface area (Å²) in [6.45, 7) is 1.65. The van der Waals surface area contributed by atoms with E-state index in [1.54, 1.807) is 25.1 Å². The Bertz CT molecular complexity index is 434. The van der Waals surface area contributed by atoms with Crippen LogP contribution in [0.5, 0.6) is 11.5 Å². The highest BCUT2D eigenvalue weighted by molar-refractivity contribution is 5.87. The maximum Gasteiger partial charge on any atom is 0.377 e. The average molecular weight is 206 g/mol. The number of para-hydroxylation sites is 2. The predicted molar refractivity (Wildman–Crippen MR) is 52.4 cm³/mol. The van der Waals surface area contributed by atoms with Crippen molar-refractivity contribution in [2.24, 2.45) is 0 Å². The first kappa shape index (κ1) is 9.58. The normalized spacial score (nSPS) is 13.7. The third kappa shape index (κ3) is 1.66. The minimum atomic E-state index is -0.540. The van der Waals surface area contributed by atoms with Gasteiger partial charge in [0.1, 0.15) is 0 Å². The van der Waals surface area contributed by atoms with Gasteiger partial charge in [0.25, 0.3) is 0 Å². The van der Waals surface area contributed by atoms with Crippen LogP contribution < -0.4 is 9.47 Å². The number of rotatable bonds is 1. The summed E-state index contributed by atoms with van der Waals surface area (Å²) in [7, 11) is 1.30. The quantitative estimate of drug-likeness (QED) is 0.658. The zero-order valence-electron chi connectivity index (χ0n) is 8.44. The number of hydrogen-bond donors (Lipinski definition) is 0. The number of benzene rings is 1. The van der Waals surface area contributed by atoms with Gasteiger partial charge in [-0.2, -0.15) is 0 Å². The van der Waals surface area contributed by atoms with Crippen molar-refractivity contribution in [1.82, 2.24) is 0 Å². The molecule has 0 saturated carbocycles. The third-order valence-electron chi connectivity index (χ3n) is 2.01. The molecule has 0 aromatic heterocycles. The molecule has 0 amide bonds. The van der Waals surface area contributed by atoms with Crippen molar-refractivity contribution in [1.29, 1.82) is 0 Å². The highest BCUT2D eigenvalue weighted by atomic mass is 16.6. The summed E-state index contributed by atoms with van der Waals surface area (Å²) in [6, 6.07) is 7.13. The Labute approximate surface area is 87.1 Å². The summed E-state index contributed by atoms with van der Waals surface area (Å²) >= 11 is 0. The van der Waals surface area contributed by atoms with E-state index in [4.69, 9.17) is 9.47 Å². The molecule has 1 aliphatic rings. The van der Waals surface area contributed by atoms with Gasteiger partial charge in [0.2, 0.25) is 5.76 Å². The number of methoxy groups -OCH3 is 1. The lowest BCUT2D eigenvalue weighted by Crippen LogP contribution is -2.18. The molecular weight excluding hydrogens is 196 g/mol. The van der Waals surface area contributed by atoms with Gasteiger partial charge >= 0.3 is 5.97 Å². The highest BCUT2D eigenvalue weighted by Gasteiger charge is 2.24. The van der Waals surface area contributed by atoms with Gasteiger partial charge in [-0.05, 0) is 19.1 Å². The molecule has 4 nitrogen and oxygen atoms in total. The monoisotopic (exact) mass is 206 g/mol. The van der Waals surface area contributed by atoms with Crippen molar-refractivity contribution in [3.63, 3.8) is 0 Å². The van der Waals surface area contributed by atoms with E-state index < -0.39 is 5.97 Å². The first-order valence-corrected chi connectivity index (χ1v) is 4.46. The van der Waals surface area contributed by atoms with Crippen LogP contribution in [0.15, 0.2) is 35.8 Å². The van der Waals surface area contributed by atoms with Crippen molar-refractivity contribution in [3.05, 3.63) is 35.8 Å². The Morgan fingerprint density at radius 1 is 1.20 bits per heavy atom. The topological polar surface area (TPSA) is 44.8 Å². The summed E-state index contributed by atoms with van der Waals surface area (Å²) in [5.74, 6) is 1.07. The number of fused-ring (bicyclic) bond motifs is 1. The van der Waals surface area contributed by atoms with Crippen LogP contribution >= 0.6 is 0 Å². The molecule has 0 unspecified atom stereocenters. The van der Waals surface area contributed by atoms with Gasteiger partial charge in [0.15, 0.2) is 17.3 Å². The van der Waals surface area contributed by atoms with Crippen molar-refractivity contribution < 1.29 is 19.0 Å². The highest BCUT2D eigenvalue weighted by Crippen LogP contribution is 2.34. The first-order chi connectivity index (χ1) is 7.22. The molecule has 1 aromatic rings. The Kier molecular flexibility index (Phi) is 2.33. The number of esters is 1. The Balaban J connectivity index is 2.35. The predicted octanol–water partition coefficient (Wildman–Crippen LogP) is 1.86. The third-order valence-corrected chi connectivity index (χ3v) is 2.01. The Morgan fingerprint density at radius 2 is 1.80 bits per heavy atom. The molecular formula is C11H10O4. The Hall–Kier alpha value is -1.97. The van der Waals surface area contributed by atoms with E-state index in [0.29, 0.717) is 17.3 Å². The van der Waals surface area contributed by atoms with Crippen LogP contribution in [0, 0.1) is 0 Å². The van der Waals surface area contributed by atoms with Gasteiger partial charge < -0.3 is 14.2 Å². The number of allylic oxidation sites excluding steroid dienone is 1. The summed E-state index contributed by atoms with van der Waals surface area (Å²) in [5.41, 5.74) is 0.